The Bertz CT molecular complexity index is 559. The predicted molar refractivity (Wildman–Crippen MR) is 123 cm³/mol. The number of nitrogens with two attached hydrogens (primary N) is 1. The van der Waals surface area contributed by atoms with Gasteiger partial charge in [0.1, 0.15) is 0 Å². The van der Waals surface area contributed by atoms with Crippen LogP contribution in [0.2, 0.25) is 0 Å². The Balaban J connectivity index is 2.43. The second-order valence-electron chi connectivity index (χ2n) is 9.40. The lowest BCUT2D eigenvalue weighted by molar-refractivity contribution is 0.165. The van der Waals surface area contributed by atoms with Crippen molar-refractivity contribution in [1.82, 2.24) is 0 Å². The monoisotopic (exact) mass is 407 g/mol. The molecule has 0 aromatic heterocycles. The largest absolute Gasteiger partial charge is 0.493 e. The van der Waals surface area contributed by atoms with Crippen molar-refractivity contribution in [2.45, 2.75) is 91.0 Å². The maximum atomic E-state index is 9.70. The molecule has 0 aliphatic carbocycles. The molecule has 0 saturated carbocycles. The molecule has 4 nitrogen and oxygen atoms in total. The van der Waals surface area contributed by atoms with E-state index in [0.717, 1.165) is 55.3 Å². The highest BCUT2D eigenvalue weighted by Crippen LogP contribution is 2.30. The highest BCUT2D eigenvalue weighted by Gasteiger charge is 2.25. The van der Waals surface area contributed by atoms with Gasteiger partial charge in [0, 0.05) is 5.54 Å². The third-order valence-electron chi connectivity index (χ3n) is 5.45. The fraction of sp³-hybridized carbons (Fsp3) is 0.760. The van der Waals surface area contributed by atoms with E-state index in [-0.39, 0.29) is 6.61 Å². The summed E-state index contributed by atoms with van der Waals surface area (Å²) in [6.45, 7) is 9.59. The van der Waals surface area contributed by atoms with Gasteiger partial charge in [0.25, 0.3) is 0 Å². The van der Waals surface area contributed by atoms with Crippen molar-refractivity contribution >= 4 is 0 Å². The summed E-state index contributed by atoms with van der Waals surface area (Å²) in [5.74, 6) is 2.86. The average Bonchev–Trinajstić information content (AvgIpc) is 2.68. The third-order valence-corrected chi connectivity index (χ3v) is 5.45. The molecular weight excluding hydrogens is 362 g/mol. The molecule has 0 aliphatic heterocycles. The zero-order chi connectivity index (χ0) is 21.7. The van der Waals surface area contributed by atoms with Crippen LogP contribution in [0.3, 0.4) is 0 Å². The number of aliphatic hydroxyl groups excluding tert-OH is 1. The van der Waals surface area contributed by atoms with Crippen LogP contribution in [0.5, 0.6) is 11.5 Å². The van der Waals surface area contributed by atoms with Crippen molar-refractivity contribution < 1.29 is 14.6 Å². The molecule has 0 saturated heterocycles. The maximum absolute atomic E-state index is 9.70. The fourth-order valence-corrected chi connectivity index (χ4v) is 3.81. The minimum absolute atomic E-state index is 0.0149. The van der Waals surface area contributed by atoms with Gasteiger partial charge >= 0.3 is 0 Å². The predicted octanol–water partition coefficient (Wildman–Crippen LogP) is 5.74. The highest BCUT2D eigenvalue weighted by molar-refractivity contribution is 5.43. The fourth-order valence-electron chi connectivity index (χ4n) is 3.81. The van der Waals surface area contributed by atoms with Gasteiger partial charge in [0.2, 0.25) is 0 Å². The van der Waals surface area contributed by atoms with Gasteiger partial charge in [-0.05, 0) is 55.2 Å². The van der Waals surface area contributed by atoms with E-state index in [1.54, 1.807) is 7.11 Å². The Labute approximate surface area is 179 Å². The molecule has 0 spiro atoms. The van der Waals surface area contributed by atoms with Gasteiger partial charge in [-0.3, -0.25) is 0 Å². The molecule has 1 aromatic rings. The number of hydrogen-bond donors (Lipinski definition) is 2. The highest BCUT2D eigenvalue weighted by atomic mass is 16.5. The first-order valence-electron chi connectivity index (χ1n) is 11.5. The Morgan fingerprint density at radius 3 is 2.28 bits per heavy atom. The molecule has 0 amide bonds. The molecule has 0 heterocycles. The second-order valence-corrected chi connectivity index (χ2v) is 9.40. The summed E-state index contributed by atoms with van der Waals surface area (Å²) in [4.78, 5) is 0. The van der Waals surface area contributed by atoms with Crippen molar-refractivity contribution in [2.75, 3.05) is 20.3 Å². The van der Waals surface area contributed by atoms with Crippen LogP contribution in [0.15, 0.2) is 18.2 Å². The number of aryl methyl sites for hydroxylation is 1. The first-order valence-corrected chi connectivity index (χ1v) is 11.5. The second kappa shape index (κ2) is 13.9. The molecule has 0 aliphatic rings. The lowest BCUT2D eigenvalue weighted by atomic mass is 9.85. The standard InChI is InChI=1S/C25H45NO3/c1-20(2)11-9-7-6-8-10-16-29-23-13-12-22(17-24(23)28-5)14-15-25(26,19-27)18-21(3)4/h12-13,17,20-21,27H,6-11,14-16,18-19,26H2,1-5H3/t25-/m0/s1. The van der Waals surface area contributed by atoms with Crippen LogP contribution in [0, 0.1) is 11.8 Å². The number of rotatable bonds is 16. The van der Waals surface area contributed by atoms with Gasteiger partial charge in [-0.2, -0.15) is 0 Å². The van der Waals surface area contributed by atoms with Crippen LogP contribution in [-0.4, -0.2) is 31.0 Å². The van der Waals surface area contributed by atoms with Crippen molar-refractivity contribution in [3.63, 3.8) is 0 Å². The van der Waals surface area contributed by atoms with Crippen LogP contribution >= 0.6 is 0 Å². The molecule has 0 unspecified atom stereocenters. The quantitative estimate of drug-likeness (QED) is 0.343. The van der Waals surface area contributed by atoms with Crippen LogP contribution in [-0.2, 0) is 6.42 Å². The Morgan fingerprint density at radius 1 is 0.966 bits per heavy atom. The van der Waals surface area contributed by atoms with E-state index < -0.39 is 5.54 Å². The lowest BCUT2D eigenvalue weighted by Gasteiger charge is -2.29. The van der Waals surface area contributed by atoms with Gasteiger partial charge in [-0.1, -0.05) is 65.9 Å². The van der Waals surface area contributed by atoms with Crippen LogP contribution < -0.4 is 15.2 Å². The summed E-state index contributed by atoms with van der Waals surface area (Å²) in [5.41, 5.74) is 7.02. The van der Waals surface area contributed by atoms with Crippen molar-refractivity contribution in [3.05, 3.63) is 23.8 Å². The number of benzene rings is 1. The van der Waals surface area contributed by atoms with Gasteiger partial charge in [0.15, 0.2) is 11.5 Å². The zero-order valence-electron chi connectivity index (χ0n) is 19.5. The van der Waals surface area contributed by atoms with Crippen molar-refractivity contribution in [2.24, 2.45) is 17.6 Å². The van der Waals surface area contributed by atoms with Crippen LogP contribution in [0.25, 0.3) is 0 Å². The number of hydrogen-bond acceptors (Lipinski definition) is 4. The van der Waals surface area contributed by atoms with Gasteiger partial charge in [-0.25, -0.2) is 0 Å². The van der Waals surface area contributed by atoms with Crippen molar-refractivity contribution in [3.8, 4) is 11.5 Å². The smallest absolute Gasteiger partial charge is 0.161 e. The molecule has 3 N–H and O–H groups in total. The SMILES string of the molecule is COc1cc(CC[C@@](N)(CO)CC(C)C)ccc1OCCCCCCCC(C)C. The van der Waals surface area contributed by atoms with E-state index in [1.807, 2.05) is 12.1 Å². The Morgan fingerprint density at radius 2 is 1.66 bits per heavy atom. The first kappa shape index (κ1) is 25.8. The van der Waals surface area contributed by atoms with E-state index in [1.165, 1.54) is 32.1 Å². The molecule has 0 bridgehead atoms. The topological polar surface area (TPSA) is 64.7 Å². The normalized spacial score (nSPS) is 13.7. The van der Waals surface area contributed by atoms with Gasteiger partial charge in [0.05, 0.1) is 20.3 Å². The zero-order valence-corrected chi connectivity index (χ0v) is 19.5. The van der Waals surface area contributed by atoms with Crippen LogP contribution in [0.1, 0.15) is 84.6 Å². The minimum Gasteiger partial charge on any atom is -0.493 e. The summed E-state index contributed by atoms with van der Waals surface area (Å²) in [5, 5.41) is 9.70. The molecule has 168 valence electrons. The number of methoxy groups -OCH3 is 1. The molecule has 1 rings (SSSR count). The third kappa shape index (κ3) is 10.9. The van der Waals surface area contributed by atoms with Gasteiger partial charge < -0.3 is 20.3 Å². The van der Waals surface area contributed by atoms with E-state index in [2.05, 4.69) is 33.8 Å². The lowest BCUT2D eigenvalue weighted by Crippen LogP contribution is -2.45. The maximum Gasteiger partial charge on any atom is 0.161 e. The Hall–Kier alpha value is -1.26. The summed E-state index contributed by atoms with van der Waals surface area (Å²) < 4.78 is 11.5. The first-order chi connectivity index (χ1) is 13.8. The van der Waals surface area contributed by atoms with E-state index in [4.69, 9.17) is 15.2 Å². The van der Waals surface area contributed by atoms with Crippen molar-refractivity contribution in [1.29, 1.82) is 0 Å². The molecule has 1 aromatic carbocycles. The summed E-state index contributed by atoms with van der Waals surface area (Å²) in [6, 6.07) is 6.11. The molecule has 1 atom stereocenters. The average molecular weight is 408 g/mol. The van der Waals surface area contributed by atoms with E-state index in [9.17, 15) is 5.11 Å². The van der Waals surface area contributed by atoms with E-state index in [0.29, 0.717) is 5.92 Å². The molecule has 0 radical (unpaired) electrons. The Kier molecular flexibility index (Phi) is 12.3. The number of aliphatic hydroxyl groups is 1. The van der Waals surface area contributed by atoms with Crippen LogP contribution in [0.4, 0.5) is 0 Å². The molecular formula is C25H45NO3. The van der Waals surface area contributed by atoms with E-state index >= 15 is 0 Å². The number of unbranched alkanes of at least 4 members (excludes halogenated alkanes) is 4. The molecule has 29 heavy (non-hydrogen) atoms. The number of ether oxygens (including phenoxy) is 2. The summed E-state index contributed by atoms with van der Waals surface area (Å²) in [7, 11) is 1.68. The summed E-state index contributed by atoms with van der Waals surface area (Å²) in [6.07, 6.45) is 9.96. The molecule has 0 fully saturated rings. The minimum atomic E-state index is -0.522. The van der Waals surface area contributed by atoms with Gasteiger partial charge in [-0.15, -0.1) is 0 Å². The molecule has 4 heteroatoms. The summed E-state index contributed by atoms with van der Waals surface area (Å²) >= 11 is 0.